The number of nitro benzene ring substituents is 1. The van der Waals surface area contributed by atoms with Gasteiger partial charge in [0.2, 0.25) is 0 Å². The average molecular weight is 393 g/mol. The highest BCUT2D eigenvalue weighted by Gasteiger charge is 2.19. The van der Waals surface area contributed by atoms with Gasteiger partial charge in [-0.2, -0.15) is 5.26 Å². The Morgan fingerprint density at radius 2 is 2.17 bits per heavy atom. The summed E-state index contributed by atoms with van der Waals surface area (Å²) >= 11 is 0. The molecule has 0 atom stereocenters. The summed E-state index contributed by atoms with van der Waals surface area (Å²) in [6, 6.07) is 12.6. The van der Waals surface area contributed by atoms with Crippen LogP contribution in [0.5, 0.6) is 5.75 Å². The molecular formula is C20H15N3O6. The SMILES string of the molecule is COc1ccc(-c2ccc(/C=C(\C#N)C(=O)NCc3ccco3)o2)c([N+](=O)[O-])c1. The van der Waals surface area contributed by atoms with Gasteiger partial charge in [0.1, 0.15) is 34.7 Å². The molecule has 1 amide bonds. The smallest absolute Gasteiger partial charge is 0.284 e. The number of benzene rings is 1. The molecule has 0 bridgehead atoms. The van der Waals surface area contributed by atoms with Crippen LogP contribution in [0, 0.1) is 21.4 Å². The van der Waals surface area contributed by atoms with E-state index in [9.17, 15) is 20.2 Å². The minimum atomic E-state index is -0.600. The Kier molecular flexibility index (Phi) is 5.75. The molecule has 9 nitrogen and oxygen atoms in total. The largest absolute Gasteiger partial charge is 0.497 e. The van der Waals surface area contributed by atoms with Gasteiger partial charge in [0.05, 0.1) is 36.5 Å². The third-order valence-corrected chi connectivity index (χ3v) is 3.95. The Labute approximate surface area is 165 Å². The number of nitriles is 1. The number of methoxy groups -OCH3 is 1. The quantitative estimate of drug-likeness (QED) is 0.280. The van der Waals surface area contributed by atoms with E-state index < -0.39 is 10.8 Å². The number of rotatable bonds is 7. The monoisotopic (exact) mass is 393 g/mol. The molecule has 1 N–H and O–H groups in total. The lowest BCUT2D eigenvalue weighted by atomic mass is 10.1. The van der Waals surface area contributed by atoms with Crippen molar-refractivity contribution >= 4 is 17.7 Å². The topological polar surface area (TPSA) is 132 Å². The Balaban J connectivity index is 1.82. The van der Waals surface area contributed by atoms with Crippen molar-refractivity contribution in [1.82, 2.24) is 5.32 Å². The van der Waals surface area contributed by atoms with Crippen LogP contribution in [0.3, 0.4) is 0 Å². The summed E-state index contributed by atoms with van der Waals surface area (Å²) in [7, 11) is 1.41. The fraction of sp³-hybridized carbons (Fsp3) is 0.100. The molecule has 0 spiro atoms. The van der Waals surface area contributed by atoms with Crippen LogP contribution in [0.1, 0.15) is 11.5 Å². The highest BCUT2D eigenvalue weighted by Crippen LogP contribution is 2.34. The lowest BCUT2D eigenvalue weighted by molar-refractivity contribution is -0.384. The molecule has 9 heteroatoms. The summed E-state index contributed by atoms with van der Waals surface area (Å²) < 4.78 is 15.7. The van der Waals surface area contributed by atoms with E-state index >= 15 is 0 Å². The van der Waals surface area contributed by atoms with E-state index in [1.165, 1.54) is 43.7 Å². The lowest BCUT2D eigenvalue weighted by Crippen LogP contribution is -2.23. The van der Waals surface area contributed by atoms with Gasteiger partial charge in [-0.1, -0.05) is 0 Å². The van der Waals surface area contributed by atoms with Crippen LogP contribution in [-0.4, -0.2) is 17.9 Å². The lowest BCUT2D eigenvalue weighted by Gasteiger charge is -2.03. The van der Waals surface area contributed by atoms with Crippen LogP contribution in [0.2, 0.25) is 0 Å². The van der Waals surface area contributed by atoms with Crippen molar-refractivity contribution in [1.29, 1.82) is 5.26 Å². The van der Waals surface area contributed by atoms with Gasteiger partial charge >= 0.3 is 0 Å². The third kappa shape index (κ3) is 4.51. The number of nitrogens with zero attached hydrogens (tertiary/aromatic N) is 2. The average Bonchev–Trinajstić information content (AvgIpc) is 3.41. The van der Waals surface area contributed by atoms with Crippen molar-refractivity contribution in [3.63, 3.8) is 0 Å². The molecule has 0 aliphatic carbocycles. The number of carbonyl (C=O) groups is 1. The second-order valence-corrected chi connectivity index (χ2v) is 5.77. The van der Waals surface area contributed by atoms with Gasteiger partial charge in [0.25, 0.3) is 11.6 Å². The molecule has 3 rings (SSSR count). The molecule has 2 aromatic heterocycles. The van der Waals surface area contributed by atoms with E-state index in [2.05, 4.69) is 5.32 Å². The van der Waals surface area contributed by atoms with Crippen LogP contribution < -0.4 is 10.1 Å². The molecule has 146 valence electrons. The highest BCUT2D eigenvalue weighted by atomic mass is 16.6. The molecular weight excluding hydrogens is 378 g/mol. The molecule has 1 aromatic carbocycles. The van der Waals surface area contributed by atoms with Gasteiger partial charge in [-0.3, -0.25) is 14.9 Å². The van der Waals surface area contributed by atoms with Gasteiger partial charge in [0.15, 0.2) is 0 Å². The number of ether oxygens (including phenoxy) is 1. The first kappa shape index (κ1) is 19.4. The number of furan rings is 2. The van der Waals surface area contributed by atoms with Crippen LogP contribution in [-0.2, 0) is 11.3 Å². The summed E-state index contributed by atoms with van der Waals surface area (Å²) in [5.41, 5.74) is -0.121. The molecule has 0 saturated carbocycles. The molecule has 3 aromatic rings. The van der Waals surface area contributed by atoms with Crippen molar-refractivity contribution in [2.75, 3.05) is 7.11 Å². The van der Waals surface area contributed by atoms with Gasteiger partial charge < -0.3 is 18.9 Å². The Morgan fingerprint density at radius 3 is 2.83 bits per heavy atom. The van der Waals surface area contributed by atoms with Crippen LogP contribution in [0.25, 0.3) is 17.4 Å². The first-order valence-electron chi connectivity index (χ1n) is 8.37. The highest BCUT2D eigenvalue weighted by molar-refractivity contribution is 6.01. The summed E-state index contributed by atoms with van der Waals surface area (Å²) in [4.78, 5) is 23.0. The summed E-state index contributed by atoms with van der Waals surface area (Å²) in [5, 5.41) is 23.2. The second-order valence-electron chi connectivity index (χ2n) is 5.77. The Bertz CT molecular complexity index is 1110. The maximum atomic E-state index is 12.2. The zero-order valence-corrected chi connectivity index (χ0v) is 15.2. The predicted octanol–water partition coefficient (Wildman–Crippen LogP) is 3.68. The molecule has 0 saturated heterocycles. The van der Waals surface area contributed by atoms with Crippen LogP contribution in [0.4, 0.5) is 5.69 Å². The molecule has 0 radical (unpaired) electrons. The maximum absolute atomic E-state index is 12.2. The Morgan fingerprint density at radius 1 is 1.34 bits per heavy atom. The summed E-state index contributed by atoms with van der Waals surface area (Å²) in [5.74, 6) is 0.709. The number of nitrogens with one attached hydrogen (secondary N) is 1. The zero-order valence-electron chi connectivity index (χ0n) is 15.2. The number of hydrogen-bond acceptors (Lipinski definition) is 7. The Hall–Kier alpha value is -4.32. The van der Waals surface area contributed by atoms with Gasteiger partial charge in [0, 0.05) is 6.08 Å². The third-order valence-electron chi connectivity index (χ3n) is 3.95. The fourth-order valence-corrected chi connectivity index (χ4v) is 2.54. The number of carbonyl (C=O) groups excluding carboxylic acids is 1. The van der Waals surface area contributed by atoms with E-state index in [1.807, 2.05) is 6.07 Å². The second kappa shape index (κ2) is 8.58. The van der Waals surface area contributed by atoms with Crippen LogP contribution >= 0.6 is 0 Å². The number of nitro groups is 1. The van der Waals surface area contributed by atoms with Gasteiger partial charge in [-0.05, 0) is 36.4 Å². The normalized spacial score (nSPS) is 11.0. The van der Waals surface area contributed by atoms with E-state index in [0.29, 0.717) is 11.5 Å². The molecule has 0 aliphatic heterocycles. The molecule has 0 unspecified atom stereocenters. The first-order valence-corrected chi connectivity index (χ1v) is 8.37. The standard InChI is InChI=1S/C20H15N3O6/c1-27-14-4-6-17(18(10-14)23(25)26)19-7-5-15(29-19)9-13(11-21)20(24)22-12-16-3-2-8-28-16/h2-10H,12H2,1H3,(H,22,24)/b13-9+. The van der Waals surface area contributed by atoms with Crippen molar-refractivity contribution in [3.05, 3.63) is 75.9 Å². The number of amides is 1. The minimum Gasteiger partial charge on any atom is -0.497 e. The van der Waals surface area contributed by atoms with Gasteiger partial charge in [-0.15, -0.1) is 0 Å². The van der Waals surface area contributed by atoms with E-state index in [-0.39, 0.29) is 34.9 Å². The van der Waals surface area contributed by atoms with Crippen molar-refractivity contribution in [2.24, 2.45) is 0 Å². The van der Waals surface area contributed by atoms with E-state index in [0.717, 1.165) is 0 Å². The van der Waals surface area contributed by atoms with Crippen LogP contribution in [0.15, 0.2) is 63.1 Å². The van der Waals surface area contributed by atoms with Crippen molar-refractivity contribution in [2.45, 2.75) is 6.54 Å². The van der Waals surface area contributed by atoms with Crippen molar-refractivity contribution in [3.8, 4) is 23.1 Å². The zero-order chi connectivity index (χ0) is 20.8. The predicted molar refractivity (Wildman–Crippen MR) is 101 cm³/mol. The maximum Gasteiger partial charge on any atom is 0.284 e. The fourth-order valence-electron chi connectivity index (χ4n) is 2.54. The summed E-state index contributed by atoms with van der Waals surface area (Å²) in [6.07, 6.45) is 2.74. The molecule has 2 heterocycles. The molecule has 0 fully saturated rings. The molecule has 29 heavy (non-hydrogen) atoms. The van der Waals surface area contributed by atoms with E-state index in [1.54, 1.807) is 18.2 Å². The van der Waals surface area contributed by atoms with Crippen molar-refractivity contribution < 1.29 is 23.3 Å². The molecule has 0 aliphatic rings. The van der Waals surface area contributed by atoms with Gasteiger partial charge in [-0.25, -0.2) is 0 Å². The van der Waals surface area contributed by atoms with E-state index in [4.69, 9.17) is 13.6 Å². The summed E-state index contributed by atoms with van der Waals surface area (Å²) in [6.45, 7) is 0.131. The number of hydrogen-bond donors (Lipinski definition) is 1. The minimum absolute atomic E-state index is 0.131. The first-order chi connectivity index (χ1) is 14.0.